The van der Waals surface area contributed by atoms with Gasteiger partial charge >= 0.3 is 0 Å². The smallest absolute Gasteiger partial charge is 0.243 e. The van der Waals surface area contributed by atoms with Gasteiger partial charge in [-0.25, -0.2) is 5.43 Å². The molecule has 2 fully saturated rings. The van der Waals surface area contributed by atoms with Crippen LogP contribution in [0.2, 0.25) is 0 Å². The third-order valence-corrected chi connectivity index (χ3v) is 4.38. The van der Waals surface area contributed by atoms with Crippen molar-refractivity contribution < 1.29 is 15.0 Å². The fraction of sp³-hybridized carbons (Fsp3) is 0.467. The van der Waals surface area contributed by atoms with Gasteiger partial charge in [0, 0.05) is 11.5 Å². The molecule has 0 saturated heterocycles. The number of hydrogen-bond donors (Lipinski definition) is 3. The predicted octanol–water partition coefficient (Wildman–Crippen LogP) is 1.98. The van der Waals surface area contributed by atoms with Gasteiger partial charge < -0.3 is 10.2 Å². The molecule has 0 aromatic heterocycles. The lowest BCUT2D eigenvalue weighted by Crippen LogP contribution is -2.20. The van der Waals surface area contributed by atoms with Crippen molar-refractivity contribution in [1.29, 1.82) is 0 Å². The summed E-state index contributed by atoms with van der Waals surface area (Å²) >= 11 is 0. The van der Waals surface area contributed by atoms with E-state index in [0.29, 0.717) is 17.4 Å². The molecule has 106 valence electrons. The molecule has 5 nitrogen and oxygen atoms in total. The minimum absolute atomic E-state index is 0.0298. The highest BCUT2D eigenvalue weighted by Crippen LogP contribution is 2.55. The van der Waals surface area contributed by atoms with E-state index in [1.807, 2.05) is 0 Å². The number of hydrogen-bond acceptors (Lipinski definition) is 4. The third-order valence-electron chi connectivity index (χ3n) is 4.38. The van der Waals surface area contributed by atoms with Gasteiger partial charge in [0.25, 0.3) is 0 Å². The summed E-state index contributed by atoms with van der Waals surface area (Å²) in [7, 11) is 0. The van der Waals surface area contributed by atoms with Crippen LogP contribution >= 0.6 is 0 Å². The van der Waals surface area contributed by atoms with Crippen LogP contribution in [0.1, 0.15) is 31.2 Å². The van der Waals surface area contributed by atoms with Crippen molar-refractivity contribution in [2.75, 3.05) is 0 Å². The molecule has 0 bridgehead atoms. The van der Waals surface area contributed by atoms with Crippen LogP contribution in [0.15, 0.2) is 23.3 Å². The summed E-state index contributed by atoms with van der Waals surface area (Å²) in [6, 6.07) is 4.61. The first kappa shape index (κ1) is 13.0. The van der Waals surface area contributed by atoms with Crippen LogP contribution in [0.5, 0.6) is 11.5 Å². The molecular formula is C15H18N2O3. The molecule has 0 spiro atoms. The van der Waals surface area contributed by atoms with E-state index >= 15 is 0 Å². The second-order valence-electron chi connectivity index (χ2n) is 5.59. The van der Waals surface area contributed by atoms with E-state index in [1.165, 1.54) is 25.1 Å². The maximum Gasteiger partial charge on any atom is 0.243 e. The number of carbonyl (C=O) groups is 1. The second-order valence-corrected chi connectivity index (χ2v) is 5.59. The number of phenolic OH excluding ortho intramolecular Hbond substituents is 2. The van der Waals surface area contributed by atoms with E-state index in [9.17, 15) is 15.0 Å². The average Bonchev–Trinajstić information content (AvgIpc) is 3.18. The topological polar surface area (TPSA) is 81.9 Å². The van der Waals surface area contributed by atoms with Crippen LogP contribution < -0.4 is 5.43 Å². The Bertz CT molecular complexity index is 544. The normalized spacial score (nSPS) is 28.1. The Kier molecular flexibility index (Phi) is 3.34. The number of nitrogens with one attached hydrogen (secondary N) is 1. The third kappa shape index (κ3) is 2.35. The molecule has 3 N–H and O–H groups in total. The van der Waals surface area contributed by atoms with Crippen LogP contribution in [-0.2, 0) is 4.79 Å². The summed E-state index contributed by atoms with van der Waals surface area (Å²) in [6.07, 6.45) is 6.11. The largest absolute Gasteiger partial charge is 0.504 e. The standard InChI is InChI=1S/C15H18N2O3/c18-12-7-3-4-9(14(12)19)8-16-17-15(20)13-10-5-1-2-6-11(10)13/h3-4,7-8,10-11,13,18-19H,1-2,5-6H2,(H,17,20)/b16-8+/t10-,11+,13?. The van der Waals surface area contributed by atoms with Gasteiger partial charge in [-0.2, -0.15) is 5.10 Å². The number of hydrazone groups is 1. The number of carbonyl (C=O) groups excluding carboxylic acids is 1. The molecule has 5 heteroatoms. The number of amides is 1. The van der Waals surface area contributed by atoms with E-state index in [0.717, 1.165) is 12.8 Å². The maximum absolute atomic E-state index is 12.0. The number of aromatic hydroxyl groups is 2. The summed E-state index contributed by atoms with van der Waals surface area (Å²) in [5.74, 6) is 0.755. The van der Waals surface area contributed by atoms with Crippen LogP contribution in [0, 0.1) is 17.8 Å². The van der Waals surface area contributed by atoms with Crippen molar-refractivity contribution in [3.05, 3.63) is 23.8 Å². The molecule has 20 heavy (non-hydrogen) atoms. The van der Waals surface area contributed by atoms with Gasteiger partial charge in [0.05, 0.1) is 6.21 Å². The fourth-order valence-electron chi connectivity index (χ4n) is 3.27. The zero-order valence-electron chi connectivity index (χ0n) is 11.1. The highest BCUT2D eigenvalue weighted by Gasteiger charge is 2.54. The van der Waals surface area contributed by atoms with Gasteiger partial charge in [0.1, 0.15) is 0 Å². The lowest BCUT2D eigenvalue weighted by atomic mass is 10.0. The SMILES string of the molecule is O=C(N/N=C/c1cccc(O)c1O)C1[C@H]2CCCC[C@@H]12. The lowest BCUT2D eigenvalue weighted by Gasteiger charge is -2.04. The van der Waals surface area contributed by atoms with E-state index < -0.39 is 0 Å². The van der Waals surface area contributed by atoms with Crippen molar-refractivity contribution >= 4 is 12.1 Å². The minimum Gasteiger partial charge on any atom is -0.504 e. The lowest BCUT2D eigenvalue weighted by molar-refractivity contribution is -0.122. The Labute approximate surface area is 117 Å². The van der Waals surface area contributed by atoms with Crippen LogP contribution in [0.25, 0.3) is 0 Å². The molecular weight excluding hydrogens is 256 g/mol. The Morgan fingerprint density at radius 1 is 1.25 bits per heavy atom. The summed E-state index contributed by atoms with van der Waals surface area (Å²) in [5.41, 5.74) is 2.91. The monoisotopic (exact) mass is 274 g/mol. The van der Waals surface area contributed by atoms with Crippen molar-refractivity contribution in [2.45, 2.75) is 25.7 Å². The number of rotatable bonds is 3. The Hall–Kier alpha value is -2.04. The van der Waals surface area contributed by atoms with Crippen LogP contribution in [-0.4, -0.2) is 22.3 Å². The van der Waals surface area contributed by atoms with E-state index in [2.05, 4.69) is 10.5 Å². The van der Waals surface area contributed by atoms with Gasteiger partial charge in [0.2, 0.25) is 5.91 Å². The van der Waals surface area contributed by atoms with Crippen molar-refractivity contribution in [1.82, 2.24) is 5.43 Å². The maximum atomic E-state index is 12.0. The van der Waals surface area contributed by atoms with E-state index in [-0.39, 0.29) is 23.3 Å². The zero-order valence-corrected chi connectivity index (χ0v) is 11.1. The number of benzene rings is 1. The molecule has 1 aromatic rings. The van der Waals surface area contributed by atoms with Gasteiger partial charge in [0.15, 0.2) is 11.5 Å². The molecule has 1 amide bonds. The van der Waals surface area contributed by atoms with E-state index in [4.69, 9.17) is 0 Å². The molecule has 0 aliphatic heterocycles. The number of phenols is 2. The van der Waals surface area contributed by atoms with Gasteiger partial charge in [-0.1, -0.05) is 18.9 Å². The van der Waals surface area contributed by atoms with Gasteiger partial charge in [-0.3, -0.25) is 4.79 Å². The van der Waals surface area contributed by atoms with Gasteiger partial charge in [-0.05, 0) is 36.8 Å². The summed E-state index contributed by atoms with van der Waals surface area (Å²) in [5, 5.41) is 22.8. The summed E-state index contributed by atoms with van der Waals surface area (Å²) < 4.78 is 0. The average molecular weight is 274 g/mol. The van der Waals surface area contributed by atoms with E-state index in [1.54, 1.807) is 12.1 Å². The first-order valence-corrected chi connectivity index (χ1v) is 7.02. The Morgan fingerprint density at radius 3 is 2.65 bits per heavy atom. The molecule has 1 aromatic carbocycles. The highest BCUT2D eigenvalue weighted by atomic mass is 16.3. The summed E-state index contributed by atoms with van der Waals surface area (Å²) in [4.78, 5) is 12.0. The van der Waals surface area contributed by atoms with Crippen molar-refractivity contribution in [3.63, 3.8) is 0 Å². The predicted molar refractivity (Wildman–Crippen MR) is 74.4 cm³/mol. The highest BCUT2D eigenvalue weighted by molar-refractivity contribution is 5.87. The van der Waals surface area contributed by atoms with Crippen LogP contribution in [0.4, 0.5) is 0 Å². The summed E-state index contributed by atoms with van der Waals surface area (Å²) in [6.45, 7) is 0. The van der Waals surface area contributed by atoms with Crippen molar-refractivity contribution in [3.8, 4) is 11.5 Å². The molecule has 0 radical (unpaired) electrons. The second kappa shape index (κ2) is 5.15. The molecule has 0 heterocycles. The molecule has 2 saturated carbocycles. The first-order chi connectivity index (χ1) is 9.68. The van der Waals surface area contributed by atoms with Crippen molar-refractivity contribution in [2.24, 2.45) is 22.9 Å². The molecule has 3 atom stereocenters. The Morgan fingerprint density at radius 2 is 1.95 bits per heavy atom. The van der Waals surface area contributed by atoms with Crippen LogP contribution in [0.3, 0.4) is 0 Å². The minimum atomic E-state index is -0.231. The molecule has 2 aliphatic rings. The number of fused-ring (bicyclic) bond motifs is 1. The Balaban J connectivity index is 1.58. The first-order valence-electron chi connectivity index (χ1n) is 7.02. The quantitative estimate of drug-likeness (QED) is 0.448. The fourth-order valence-corrected chi connectivity index (χ4v) is 3.27. The number of para-hydroxylation sites is 1. The molecule has 3 rings (SSSR count). The number of nitrogens with zero attached hydrogens (tertiary/aromatic N) is 1. The van der Waals surface area contributed by atoms with Gasteiger partial charge in [-0.15, -0.1) is 0 Å². The molecule has 1 unspecified atom stereocenters. The zero-order chi connectivity index (χ0) is 14.1. The molecule has 2 aliphatic carbocycles.